The number of phenolic OH excluding ortho intramolecular Hbond substituents is 1. The van der Waals surface area contributed by atoms with Crippen LogP contribution in [0.25, 0.3) is 22.1 Å². The summed E-state index contributed by atoms with van der Waals surface area (Å²) < 4.78 is 10.6. The molecule has 0 radical (unpaired) electrons. The van der Waals surface area contributed by atoms with Crippen molar-refractivity contribution in [3.8, 4) is 16.9 Å². The van der Waals surface area contributed by atoms with Gasteiger partial charge in [0.1, 0.15) is 11.3 Å². The van der Waals surface area contributed by atoms with Crippen LogP contribution in [0.3, 0.4) is 0 Å². The van der Waals surface area contributed by atoms with Crippen molar-refractivity contribution in [3.05, 3.63) is 89.2 Å². The van der Waals surface area contributed by atoms with Crippen molar-refractivity contribution >= 4 is 22.7 Å². The summed E-state index contributed by atoms with van der Waals surface area (Å²) >= 11 is 0. The smallest absolute Gasteiger partial charge is 0.310 e. The van der Waals surface area contributed by atoms with E-state index in [0.29, 0.717) is 16.7 Å². The Balaban J connectivity index is 1.26. The Morgan fingerprint density at radius 2 is 1.80 bits per heavy atom. The second-order valence-electron chi connectivity index (χ2n) is 7.41. The second kappa shape index (κ2) is 7.19. The van der Waals surface area contributed by atoms with Gasteiger partial charge in [0.2, 0.25) is 0 Å². The molecule has 1 aliphatic carbocycles. The Labute approximate surface area is 172 Å². The van der Waals surface area contributed by atoms with E-state index in [1.807, 2.05) is 24.3 Å². The molecule has 0 bridgehead atoms. The molecule has 1 aromatic heterocycles. The quantitative estimate of drug-likeness (QED) is 0.344. The number of hydrogen-bond donors (Lipinski definition) is 1. The lowest BCUT2D eigenvalue weighted by atomic mass is 10.0. The fourth-order valence-corrected chi connectivity index (χ4v) is 3.94. The molecule has 5 heteroatoms. The zero-order valence-electron chi connectivity index (χ0n) is 16.1. The molecule has 0 saturated carbocycles. The number of esters is 1. The number of hydrogen-bond acceptors (Lipinski definition) is 5. The van der Waals surface area contributed by atoms with Gasteiger partial charge >= 0.3 is 5.97 Å². The van der Waals surface area contributed by atoms with Gasteiger partial charge in [-0.3, -0.25) is 9.59 Å². The molecule has 1 heterocycles. The third-order valence-electron chi connectivity index (χ3n) is 5.46. The maximum atomic E-state index is 12.6. The Morgan fingerprint density at radius 3 is 2.70 bits per heavy atom. The summed E-state index contributed by atoms with van der Waals surface area (Å²) in [5.74, 6) is -0.656. The summed E-state index contributed by atoms with van der Waals surface area (Å²) in [6.45, 7) is -0.310. The molecule has 0 saturated heterocycles. The first-order valence-corrected chi connectivity index (χ1v) is 9.67. The first-order valence-electron chi connectivity index (χ1n) is 9.67. The first-order chi connectivity index (χ1) is 14.6. The molecule has 0 aliphatic heterocycles. The van der Waals surface area contributed by atoms with E-state index in [2.05, 4.69) is 12.1 Å². The summed E-state index contributed by atoms with van der Waals surface area (Å²) in [5, 5.41) is 10.2. The van der Waals surface area contributed by atoms with Gasteiger partial charge in [-0.2, -0.15) is 0 Å². The van der Waals surface area contributed by atoms with Gasteiger partial charge in [-0.1, -0.05) is 36.4 Å². The molecule has 1 N–H and O–H groups in total. The van der Waals surface area contributed by atoms with Gasteiger partial charge < -0.3 is 14.3 Å². The number of carbonyl (C=O) groups excluding carboxylic acids is 2. The molecule has 0 amide bonds. The second-order valence-corrected chi connectivity index (χ2v) is 7.41. The number of rotatable bonds is 5. The van der Waals surface area contributed by atoms with E-state index >= 15 is 0 Å². The van der Waals surface area contributed by atoms with Crippen molar-refractivity contribution < 1.29 is 23.8 Å². The molecule has 0 fully saturated rings. The summed E-state index contributed by atoms with van der Waals surface area (Å²) in [4.78, 5) is 24.8. The molecule has 148 valence electrons. The fourth-order valence-electron chi connectivity index (χ4n) is 3.94. The normalized spacial score (nSPS) is 11.9. The van der Waals surface area contributed by atoms with Crippen molar-refractivity contribution in [2.24, 2.45) is 0 Å². The van der Waals surface area contributed by atoms with E-state index in [0.717, 1.165) is 22.9 Å². The van der Waals surface area contributed by atoms with Crippen LogP contribution in [-0.2, 0) is 22.4 Å². The summed E-state index contributed by atoms with van der Waals surface area (Å²) in [6, 6.07) is 18.5. The molecular weight excluding hydrogens is 380 g/mol. The lowest BCUT2D eigenvalue weighted by Crippen LogP contribution is -2.15. The van der Waals surface area contributed by atoms with E-state index in [4.69, 9.17) is 9.15 Å². The van der Waals surface area contributed by atoms with Crippen molar-refractivity contribution in [2.75, 3.05) is 6.61 Å². The Bertz CT molecular complexity index is 1300. The molecular formula is C25H18O5. The summed E-state index contributed by atoms with van der Waals surface area (Å²) in [5.41, 5.74) is 6.34. The SMILES string of the molecule is O=C(Cc1coc2cc(O)ccc12)OCC(=O)c1ccc2c(c1)-c1ccccc1C2. The van der Waals surface area contributed by atoms with Crippen LogP contribution in [0.1, 0.15) is 27.0 Å². The molecule has 5 nitrogen and oxygen atoms in total. The van der Waals surface area contributed by atoms with Crippen LogP contribution >= 0.6 is 0 Å². The highest BCUT2D eigenvalue weighted by Crippen LogP contribution is 2.36. The minimum atomic E-state index is -0.509. The largest absolute Gasteiger partial charge is 0.508 e. The predicted octanol–water partition coefficient (Wildman–Crippen LogP) is 4.68. The number of aromatic hydroxyl groups is 1. The highest BCUT2D eigenvalue weighted by molar-refractivity contribution is 6.00. The number of carbonyl (C=O) groups is 2. The number of Topliss-reactive ketones (excluding diaryl/α,β-unsaturated/α-hetero) is 1. The minimum Gasteiger partial charge on any atom is -0.508 e. The van der Waals surface area contributed by atoms with Gasteiger partial charge in [0.15, 0.2) is 12.4 Å². The van der Waals surface area contributed by atoms with E-state index in [1.165, 1.54) is 29.5 Å². The summed E-state index contributed by atoms with van der Waals surface area (Å²) in [6.07, 6.45) is 2.32. The zero-order valence-corrected chi connectivity index (χ0v) is 16.1. The lowest BCUT2D eigenvalue weighted by Gasteiger charge is -2.07. The van der Waals surface area contributed by atoms with Gasteiger partial charge in [-0.25, -0.2) is 0 Å². The molecule has 1 aliphatic rings. The van der Waals surface area contributed by atoms with Gasteiger partial charge in [-0.15, -0.1) is 0 Å². The Hall–Kier alpha value is -3.86. The van der Waals surface area contributed by atoms with Gasteiger partial charge in [0.05, 0.1) is 12.7 Å². The molecule has 0 atom stereocenters. The van der Waals surface area contributed by atoms with Gasteiger partial charge in [0, 0.05) is 22.6 Å². The van der Waals surface area contributed by atoms with Gasteiger partial charge in [0.25, 0.3) is 0 Å². The molecule has 0 spiro atoms. The predicted molar refractivity (Wildman–Crippen MR) is 112 cm³/mol. The van der Waals surface area contributed by atoms with Crippen LogP contribution in [0.5, 0.6) is 5.75 Å². The highest BCUT2D eigenvalue weighted by atomic mass is 16.5. The van der Waals surface area contributed by atoms with Crippen molar-refractivity contribution in [3.63, 3.8) is 0 Å². The monoisotopic (exact) mass is 398 g/mol. The first kappa shape index (κ1) is 18.2. The van der Waals surface area contributed by atoms with Crippen LogP contribution < -0.4 is 0 Å². The molecule has 3 aromatic carbocycles. The standard InChI is InChI=1S/C25H18O5/c26-19-7-8-21-18(13-29-24(21)12-19)11-25(28)30-14-23(27)17-6-5-16-9-15-3-1-2-4-20(15)22(16)10-17/h1-8,10,12-13,26H,9,11,14H2. The van der Waals surface area contributed by atoms with Crippen molar-refractivity contribution in [1.82, 2.24) is 0 Å². The van der Waals surface area contributed by atoms with Crippen LogP contribution in [0.4, 0.5) is 0 Å². The van der Waals surface area contributed by atoms with Crippen LogP contribution in [-0.4, -0.2) is 23.5 Å². The van der Waals surface area contributed by atoms with Crippen LogP contribution in [0.2, 0.25) is 0 Å². The van der Waals surface area contributed by atoms with Crippen LogP contribution in [0, 0.1) is 0 Å². The molecule has 30 heavy (non-hydrogen) atoms. The third-order valence-corrected chi connectivity index (χ3v) is 5.46. The average Bonchev–Trinajstić information content (AvgIpc) is 3.32. The van der Waals surface area contributed by atoms with Gasteiger partial charge in [-0.05, 0) is 46.9 Å². The summed E-state index contributed by atoms with van der Waals surface area (Å²) in [7, 11) is 0. The Kier molecular flexibility index (Phi) is 4.36. The minimum absolute atomic E-state index is 0.0113. The molecule has 4 aromatic rings. The topological polar surface area (TPSA) is 76.7 Å². The zero-order chi connectivity index (χ0) is 20.7. The number of ether oxygens (including phenoxy) is 1. The molecule has 0 unspecified atom stereocenters. The average molecular weight is 398 g/mol. The third kappa shape index (κ3) is 3.24. The number of ketones is 1. The fraction of sp³-hybridized carbons (Fsp3) is 0.120. The number of fused-ring (bicyclic) bond motifs is 4. The Morgan fingerprint density at radius 1 is 0.967 bits per heavy atom. The highest BCUT2D eigenvalue weighted by Gasteiger charge is 2.20. The van der Waals surface area contributed by atoms with E-state index in [-0.39, 0.29) is 24.6 Å². The van der Waals surface area contributed by atoms with E-state index in [1.54, 1.807) is 12.1 Å². The maximum Gasteiger partial charge on any atom is 0.310 e. The maximum absolute atomic E-state index is 12.6. The number of furan rings is 1. The van der Waals surface area contributed by atoms with Crippen LogP contribution in [0.15, 0.2) is 71.3 Å². The van der Waals surface area contributed by atoms with E-state index < -0.39 is 5.97 Å². The number of phenols is 1. The van der Waals surface area contributed by atoms with E-state index in [9.17, 15) is 14.7 Å². The number of benzene rings is 3. The van der Waals surface area contributed by atoms with Crippen molar-refractivity contribution in [1.29, 1.82) is 0 Å². The van der Waals surface area contributed by atoms with Crippen molar-refractivity contribution in [2.45, 2.75) is 12.8 Å². The molecule has 5 rings (SSSR count). The lowest BCUT2D eigenvalue weighted by molar-refractivity contribution is -0.141.